The first-order chi connectivity index (χ1) is 7.88. The molecule has 0 aromatic heterocycles. The van der Waals surface area contributed by atoms with Crippen molar-refractivity contribution < 1.29 is 31.3 Å². The van der Waals surface area contributed by atoms with E-state index in [4.69, 9.17) is 16.0 Å². The minimum atomic E-state index is -1.54. The second-order valence-electron chi connectivity index (χ2n) is 3.68. The van der Waals surface area contributed by atoms with Crippen molar-refractivity contribution in [1.29, 1.82) is 0 Å². The molecule has 0 spiro atoms. The molecule has 0 radical (unpaired) electrons. The van der Waals surface area contributed by atoms with Crippen LogP contribution in [-0.2, 0) is 9.47 Å². The summed E-state index contributed by atoms with van der Waals surface area (Å²) < 4.78 is 17.3. The topological polar surface area (TPSA) is 99.4 Å². The Morgan fingerprint density at radius 1 is 1.38 bits per heavy atom. The number of hydrogen-bond donors (Lipinski definition) is 4. The lowest BCUT2D eigenvalue weighted by Crippen LogP contribution is -2.60. The summed E-state index contributed by atoms with van der Waals surface area (Å²) in [5.41, 5.74) is 0. The molecule has 6 atom stereocenters. The van der Waals surface area contributed by atoms with Crippen LogP contribution < -0.4 is 0 Å². The van der Waals surface area contributed by atoms with E-state index in [1.54, 1.807) is 6.92 Å². The molecule has 1 aliphatic heterocycles. The second-order valence-corrected chi connectivity index (χ2v) is 4.10. The molecule has 1 fully saturated rings. The van der Waals surface area contributed by atoms with Gasteiger partial charge in [-0.25, -0.2) is 0 Å². The second kappa shape index (κ2) is 5.35. The van der Waals surface area contributed by atoms with E-state index in [0.717, 1.165) is 0 Å². The highest BCUT2D eigenvalue weighted by Crippen LogP contribution is 2.23. The molecule has 1 rings (SSSR count). The van der Waals surface area contributed by atoms with Gasteiger partial charge in [-0.1, -0.05) is 0 Å². The van der Waals surface area contributed by atoms with Gasteiger partial charge in [-0.3, -0.25) is 0 Å². The van der Waals surface area contributed by atoms with Gasteiger partial charge in [0, 0.05) is 1.37 Å². The van der Waals surface area contributed by atoms with Gasteiger partial charge >= 0.3 is 0 Å². The molecular formula is C9H16O6S. The van der Waals surface area contributed by atoms with Gasteiger partial charge in [0.05, 0.1) is 6.10 Å². The van der Waals surface area contributed by atoms with Crippen LogP contribution in [0.25, 0.3) is 0 Å². The Bertz CT molecular complexity index is 278. The number of hydrogen-bond acceptors (Lipinski definition) is 6. The summed E-state index contributed by atoms with van der Waals surface area (Å²) >= 11 is 4.46. The highest BCUT2D eigenvalue weighted by Gasteiger charge is 2.46. The summed E-state index contributed by atoms with van der Waals surface area (Å²) in [6.45, 7) is 1.53. The molecule has 6 nitrogen and oxygen atoms in total. The average molecular weight is 253 g/mol. The summed E-state index contributed by atoms with van der Waals surface area (Å²) in [4.78, 5) is 0. The van der Waals surface area contributed by atoms with Crippen LogP contribution in [-0.4, -0.2) is 62.3 Å². The van der Waals surface area contributed by atoms with Crippen LogP contribution in [0, 0.1) is 0 Å². The van der Waals surface area contributed by atoms with E-state index >= 15 is 0 Å². The molecule has 1 heterocycles. The van der Waals surface area contributed by atoms with Crippen molar-refractivity contribution in [3.05, 3.63) is 0 Å². The van der Waals surface area contributed by atoms with Gasteiger partial charge < -0.3 is 29.9 Å². The first-order valence-corrected chi connectivity index (χ1v) is 5.16. The molecule has 0 bridgehead atoms. The van der Waals surface area contributed by atoms with Gasteiger partial charge in [-0.05, 0) is 26.0 Å². The van der Waals surface area contributed by atoms with Crippen molar-refractivity contribution >= 4 is 17.3 Å². The first-order valence-electron chi connectivity index (χ1n) is 5.46. The highest BCUT2D eigenvalue weighted by molar-refractivity contribution is 7.80. The summed E-state index contributed by atoms with van der Waals surface area (Å²) in [6, 6.07) is 0. The number of thiocarbonyl (C=S) groups is 1. The van der Waals surface area contributed by atoms with Crippen LogP contribution in [0.15, 0.2) is 0 Å². The molecule has 1 saturated heterocycles. The quantitative estimate of drug-likeness (QED) is 0.484. The molecule has 0 amide bonds. The van der Waals surface area contributed by atoms with Crippen LogP contribution in [0.3, 0.4) is 0 Å². The van der Waals surface area contributed by atoms with Crippen LogP contribution >= 0.6 is 12.2 Å². The van der Waals surface area contributed by atoms with E-state index in [-0.39, 0.29) is 6.90 Å². The van der Waals surface area contributed by atoms with Gasteiger partial charge in [0.15, 0.2) is 17.4 Å². The van der Waals surface area contributed by atoms with Crippen molar-refractivity contribution in [3.8, 4) is 0 Å². The van der Waals surface area contributed by atoms with Gasteiger partial charge in [0.1, 0.15) is 18.3 Å². The number of aliphatic hydroxyl groups is 4. The standard InChI is InChI=1S/C9H16O6S/c1-3(2)14-9-6(12)4(10)5(11)7(15-9)8(13)16/h3-7,9-12H,1-2H3,(H,13,16)/t4-,5+,6+,7-,9?/m0/s1/i1D/t3?,4-,5+,6+,7-,9?. The van der Waals surface area contributed by atoms with Gasteiger partial charge in [0.25, 0.3) is 0 Å². The van der Waals surface area contributed by atoms with Crippen molar-refractivity contribution in [3.63, 3.8) is 0 Å². The van der Waals surface area contributed by atoms with Crippen LogP contribution in [0.4, 0.5) is 0 Å². The fourth-order valence-electron chi connectivity index (χ4n) is 1.39. The largest absolute Gasteiger partial charge is 0.500 e. The molecular weight excluding hydrogens is 236 g/mol. The fraction of sp³-hybridized carbons (Fsp3) is 0.889. The van der Waals surface area contributed by atoms with Crippen molar-refractivity contribution in [2.75, 3.05) is 0 Å². The molecule has 7 heteroatoms. The maximum absolute atomic E-state index is 9.61. The Labute approximate surface area is 99.8 Å². The molecule has 2 unspecified atom stereocenters. The third-order valence-corrected chi connectivity index (χ3v) is 2.41. The van der Waals surface area contributed by atoms with E-state index in [2.05, 4.69) is 12.2 Å². The Balaban J connectivity index is 2.74. The van der Waals surface area contributed by atoms with Gasteiger partial charge in [-0.2, -0.15) is 0 Å². The predicted octanol–water partition coefficient (Wildman–Crippen LogP) is -0.896. The van der Waals surface area contributed by atoms with Crippen molar-refractivity contribution in [1.82, 2.24) is 0 Å². The maximum atomic E-state index is 9.61. The first kappa shape index (κ1) is 12.2. The van der Waals surface area contributed by atoms with Crippen LogP contribution in [0.2, 0.25) is 0 Å². The average Bonchev–Trinajstić information content (AvgIpc) is 2.29. The lowest BCUT2D eigenvalue weighted by Gasteiger charge is -2.39. The van der Waals surface area contributed by atoms with Gasteiger partial charge in [0.2, 0.25) is 0 Å². The summed E-state index contributed by atoms with van der Waals surface area (Å²) in [6.07, 6.45) is -7.60. The maximum Gasteiger partial charge on any atom is 0.189 e. The highest BCUT2D eigenvalue weighted by atomic mass is 32.1. The number of ether oxygens (including phenoxy) is 2. The lowest BCUT2D eigenvalue weighted by atomic mass is 9.99. The van der Waals surface area contributed by atoms with E-state index in [1.807, 2.05) is 0 Å². The fourth-order valence-corrected chi connectivity index (χ4v) is 1.59. The summed E-state index contributed by atoms with van der Waals surface area (Å²) in [5, 5.41) is 37.2. The predicted molar refractivity (Wildman–Crippen MR) is 58.1 cm³/mol. The Morgan fingerprint density at radius 3 is 2.50 bits per heavy atom. The number of rotatable bonds is 3. The number of aliphatic hydroxyl groups excluding tert-OH is 4. The SMILES string of the molecule is [2H]CC(C)OC1O[C@H](C(O)=S)[C@H](O)[C@H](O)[C@H]1O. The Kier molecular flexibility index (Phi) is 4.06. The van der Waals surface area contributed by atoms with Crippen molar-refractivity contribution in [2.45, 2.75) is 50.6 Å². The van der Waals surface area contributed by atoms with Crippen molar-refractivity contribution in [2.24, 2.45) is 0 Å². The molecule has 0 aliphatic carbocycles. The third-order valence-electron chi connectivity index (χ3n) is 2.18. The summed E-state index contributed by atoms with van der Waals surface area (Å²) in [7, 11) is 0. The molecule has 16 heavy (non-hydrogen) atoms. The minimum absolute atomic E-state index is 0.0561. The lowest BCUT2D eigenvalue weighted by molar-refractivity contribution is -0.292. The molecule has 0 saturated carbocycles. The van der Waals surface area contributed by atoms with Crippen LogP contribution in [0.1, 0.15) is 15.2 Å². The van der Waals surface area contributed by atoms with E-state index in [0.29, 0.717) is 0 Å². The minimum Gasteiger partial charge on any atom is -0.500 e. The zero-order valence-electron chi connectivity index (χ0n) is 9.68. The molecule has 0 aromatic rings. The summed E-state index contributed by atoms with van der Waals surface area (Å²) in [5.74, 6) is 0. The van der Waals surface area contributed by atoms with Crippen LogP contribution in [0.5, 0.6) is 0 Å². The molecule has 0 aromatic carbocycles. The molecule has 94 valence electrons. The van der Waals surface area contributed by atoms with E-state index in [1.165, 1.54) is 0 Å². The normalized spacial score (nSPS) is 42.5. The Morgan fingerprint density at radius 2 is 2.00 bits per heavy atom. The third kappa shape index (κ3) is 2.88. The van der Waals surface area contributed by atoms with E-state index in [9.17, 15) is 15.3 Å². The smallest absolute Gasteiger partial charge is 0.189 e. The zero-order valence-corrected chi connectivity index (χ0v) is 9.50. The monoisotopic (exact) mass is 253 g/mol. The molecule has 1 aliphatic rings. The van der Waals surface area contributed by atoms with Gasteiger partial charge in [-0.15, -0.1) is 0 Å². The van der Waals surface area contributed by atoms with E-state index < -0.39 is 41.9 Å². The Hall–Kier alpha value is -0.310. The zero-order chi connectivity index (χ0) is 13.2. The molecule has 4 N–H and O–H groups in total.